The first-order valence-corrected chi connectivity index (χ1v) is 10.6. The Morgan fingerprint density at radius 3 is 2.69 bits per heavy atom. The second-order valence-electron chi connectivity index (χ2n) is 8.48. The molecule has 32 heavy (non-hydrogen) atoms. The molecule has 1 unspecified atom stereocenters. The van der Waals surface area contributed by atoms with Crippen molar-refractivity contribution in [2.75, 3.05) is 18.0 Å². The van der Waals surface area contributed by atoms with Crippen LogP contribution in [0, 0.1) is 6.92 Å². The number of aryl methyl sites for hydroxylation is 1. The van der Waals surface area contributed by atoms with E-state index in [2.05, 4.69) is 32.2 Å². The van der Waals surface area contributed by atoms with Crippen molar-refractivity contribution in [1.29, 1.82) is 0 Å². The number of H-pyrrole nitrogens is 2. The number of hydrogen-bond donors (Lipinski definition) is 4. The molecule has 2 aromatic carbocycles. The Bertz CT molecular complexity index is 1570. The zero-order valence-corrected chi connectivity index (χ0v) is 17.5. The molecule has 0 bridgehead atoms. The number of aromatic hydroxyl groups is 1. The number of anilines is 1. The minimum Gasteiger partial charge on any atom is -0.508 e. The molecule has 0 aliphatic carbocycles. The minimum absolute atomic E-state index is 0.156. The summed E-state index contributed by atoms with van der Waals surface area (Å²) in [5, 5.41) is 20.2. The predicted molar refractivity (Wildman–Crippen MR) is 126 cm³/mol. The standard InChI is InChI=1S/C24H22N6O2/c1-12-19-20-17-7-4-15(30-9-8-14(25)11-30)10-18(17)26-24(32)21(20)22(27-23(19)29-28-12)13-2-5-16(31)6-3-13/h2-7,10,14,31H,8-9,11,25H2,1H3,(H,26,32)(H,27,28,29). The highest BCUT2D eigenvalue weighted by Crippen LogP contribution is 2.36. The number of aromatic amines is 2. The van der Waals surface area contributed by atoms with Crippen LogP contribution in [0.25, 0.3) is 44.0 Å². The van der Waals surface area contributed by atoms with Gasteiger partial charge in [-0.05, 0) is 49.7 Å². The van der Waals surface area contributed by atoms with Crippen molar-refractivity contribution in [3.8, 4) is 17.0 Å². The quantitative estimate of drug-likeness (QED) is 0.322. The van der Waals surface area contributed by atoms with Gasteiger partial charge >= 0.3 is 0 Å². The second kappa shape index (κ2) is 6.80. The maximum atomic E-state index is 13.4. The highest BCUT2D eigenvalue weighted by molar-refractivity contribution is 6.21. The number of phenols is 1. The molecule has 6 rings (SSSR count). The van der Waals surface area contributed by atoms with Gasteiger partial charge in [0, 0.05) is 46.8 Å². The Hall–Kier alpha value is -3.91. The fraction of sp³-hybridized carbons (Fsp3) is 0.208. The maximum Gasteiger partial charge on any atom is 0.258 e. The van der Waals surface area contributed by atoms with Crippen LogP contribution >= 0.6 is 0 Å². The van der Waals surface area contributed by atoms with E-state index >= 15 is 0 Å². The molecule has 8 nitrogen and oxygen atoms in total. The first-order valence-electron chi connectivity index (χ1n) is 10.6. The Kier molecular flexibility index (Phi) is 4.00. The Labute approximate surface area is 182 Å². The monoisotopic (exact) mass is 426 g/mol. The van der Waals surface area contributed by atoms with Crippen molar-refractivity contribution in [1.82, 2.24) is 20.2 Å². The highest BCUT2D eigenvalue weighted by atomic mass is 16.3. The number of fused-ring (bicyclic) bond motifs is 5. The van der Waals surface area contributed by atoms with Crippen LogP contribution in [0.1, 0.15) is 12.1 Å². The summed E-state index contributed by atoms with van der Waals surface area (Å²) in [7, 11) is 0. The van der Waals surface area contributed by atoms with Gasteiger partial charge in [-0.25, -0.2) is 4.98 Å². The van der Waals surface area contributed by atoms with Gasteiger partial charge in [0.15, 0.2) is 5.65 Å². The topological polar surface area (TPSA) is 124 Å². The Balaban J connectivity index is 1.70. The number of benzene rings is 2. The van der Waals surface area contributed by atoms with Gasteiger partial charge in [0.25, 0.3) is 5.56 Å². The van der Waals surface area contributed by atoms with Crippen molar-refractivity contribution < 1.29 is 5.11 Å². The number of nitrogens with two attached hydrogens (primary N) is 1. The normalized spacial score (nSPS) is 16.6. The fourth-order valence-corrected chi connectivity index (χ4v) is 4.78. The lowest BCUT2D eigenvalue weighted by molar-refractivity contribution is 0.475. The van der Waals surface area contributed by atoms with Crippen LogP contribution in [0.5, 0.6) is 5.75 Å². The summed E-state index contributed by atoms with van der Waals surface area (Å²) in [6.07, 6.45) is 0.961. The van der Waals surface area contributed by atoms with Gasteiger partial charge in [0.05, 0.1) is 22.0 Å². The van der Waals surface area contributed by atoms with E-state index in [9.17, 15) is 9.90 Å². The van der Waals surface area contributed by atoms with Crippen LogP contribution < -0.4 is 16.2 Å². The number of phenolic OH excluding ortho intramolecular Hbond substituents is 1. The number of rotatable bonds is 2. The molecule has 1 fully saturated rings. The molecule has 8 heteroatoms. The lowest BCUT2D eigenvalue weighted by Gasteiger charge is -2.19. The molecule has 1 aliphatic rings. The molecule has 160 valence electrons. The number of hydrogen-bond acceptors (Lipinski definition) is 6. The molecule has 3 aromatic heterocycles. The Morgan fingerprint density at radius 2 is 1.94 bits per heavy atom. The van der Waals surface area contributed by atoms with E-state index in [1.54, 1.807) is 24.3 Å². The van der Waals surface area contributed by atoms with E-state index in [-0.39, 0.29) is 17.4 Å². The lowest BCUT2D eigenvalue weighted by atomic mass is 9.98. The molecule has 0 spiro atoms. The van der Waals surface area contributed by atoms with Gasteiger partial charge in [0.2, 0.25) is 0 Å². The average Bonchev–Trinajstić information content (AvgIpc) is 3.39. The van der Waals surface area contributed by atoms with Crippen LogP contribution in [0.2, 0.25) is 0 Å². The number of pyridine rings is 2. The number of nitrogens with zero attached hydrogens (tertiary/aromatic N) is 3. The van der Waals surface area contributed by atoms with E-state index in [1.165, 1.54) is 0 Å². The first-order chi connectivity index (χ1) is 15.5. The highest BCUT2D eigenvalue weighted by Gasteiger charge is 2.22. The van der Waals surface area contributed by atoms with Gasteiger partial charge in [0.1, 0.15) is 5.75 Å². The molecular formula is C24H22N6O2. The minimum atomic E-state index is -0.208. The first kappa shape index (κ1) is 18.8. The van der Waals surface area contributed by atoms with Crippen molar-refractivity contribution in [2.45, 2.75) is 19.4 Å². The van der Waals surface area contributed by atoms with Gasteiger partial charge in [-0.3, -0.25) is 9.89 Å². The SMILES string of the molecule is Cc1[nH]nc2nc(-c3ccc(O)cc3)c3c(=O)[nH]c4cc(N5CCC(N)C5)ccc4c3c12. The van der Waals surface area contributed by atoms with E-state index in [1.807, 2.05) is 13.0 Å². The van der Waals surface area contributed by atoms with Crippen molar-refractivity contribution in [3.05, 3.63) is 58.5 Å². The van der Waals surface area contributed by atoms with E-state index in [0.717, 1.165) is 58.1 Å². The van der Waals surface area contributed by atoms with Gasteiger partial charge in [-0.2, -0.15) is 5.10 Å². The Morgan fingerprint density at radius 1 is 1.12 bits per heavy atom. The zero-order valence-electron chi connectivity index (χ0n) is 17.5. The van der Waals surface area contributed by atoms with E-state index in [4.69, 9.17) is 10.7 Å². The zero-order chi connectivity index (χ0) is 22.0. The maximum absolute atomic E-state index is 13.4. The summed E-state index contributed by atoms with van der Waals surface area (Å²) in [6, 6.07) is 13.0. The van der Waals surface area contributed by atoms with E-state index in [0.29, 0.717) is 16.7 Å². The van der Waals surface area contributed by atoms with Crippen LogP contribution in [-0.4, -0.2) is 44.4 Å². The third kappa shape index (κ3) is 2.76. The van der Waals surface area contributed by atoms with Crippen LogP contribution in [0.3, 0.4) is 0 Å². The fourth-order valence-electron chi connectivity index (χ4n) is 4.78. The molecule has 1 atom stereocenters. The molecular weight excluding hydrogens is 404 g/mol. The van der Waals surface area contributed by atoms with Gasteiger partial charge < -0.3 is 20.7 Å². The van der Waals surface area contributed by atoms with Crippen LogP contribution in [0.4, 0.5) is 5.69 Å². The number of aromatic nitrogens is 4. The van der Waals surface area contributed by atoms with Gasteiger partial charge in [-0.15, -0.1) is 0 Å². The van der Waals surface area contributed by atoms with Crippen LogP contribution in [-0.2, 0) is 0 Å². The third-order valence-corrected chi connectivity index (χ3v) is 6.36. The van der Waals surface area contributed by atoms with Crippen molar-refractivity contribution >= 4 is 38.4 Å². The molecule has 1 saturated heterocycles. The molecule has 5 aromatic rings. The smallest absolute Gasteiger partial charge is 0.258 e. The second-order valence-corrected chi connectivity index (χ2v) is 8.48. The average molecular weight is 426 g/mol. The molecule has 5 N–H and O–H groups in total. The third-order valence-electron chi connectivity index (χ3n) is 6.36. The summed E-state index contributed by atoms with van der Waals surface area (Å²) < 4.78 is 0. The lowest BCUT2D eigenvalue weighted by Crippen LogP contribution is -2.26. The summed E-state index contributed by atoms with van der Waals surface area (Å²) in [5.74, 6) is 0.156. The molecule has 1 aliphatic heterocycles. The summed E-state index contributed by atoms with van der Waals surface area (Å²) in [5.41, 5.74) is 10.4. The molecule has 0 saturated carbocycles. The molecule has 0 amide bonds. The van der Waals surface area contributed by atoms with Crippen molar-refractivity contribution in [2.24, 2.45) is 5.73 Å². The van der Waals surface area contributed by atoms with E-state index < -0.39 is 0 Å². The van der Waals surface area contributed by atoms with Crippen LogP contribution in [0.15, 0.2) is 47.3 Å². The number of nitrogens with one attached hydrogen (secondary N) is 2. The van der Waals surface area contributed by atoms with Crippen molar-refractivity contribution in [3.63, 3.8) is 0 Å². The predicted octanol–water partition coefficient (Wildman–Crippen LogP) is 3.17. The van der Waals surface area contributed by atoms with Gasteiger partial charge in [-0.1, -0.05) is 6.07 Å². The molecule has 0 radical (unpaired) electrons. The summed E-state index contributed by atoms with van der Waals surface area (Å²) in [6.45, 7) is 3.65. The molecule has 4 heterocycles. The summed E-state index contributed by atoms with van der Waals surface area (Å²) in [4.78, 5) is 23.4. The summed E-state index contributed by atoms with van der Waals surface area (Å²) >= 11 is 0. The largest absolute Gasteiger partial charge is 0.508 e.